The standard InChI is InChI=1S/C18H20F3N3O/c1-25-16-6-4-14(5-7-16)23-15-3-2-10-24(12-15)17-11-13(8-9-22-17)18(19,20)21/h4-9,11,15,23H,2-3,10,12H2,1H3. The molecule has 1 saturated heterocycles. The van der Waals surface area contributed by atoms with Crippen molar-refractivity contribution in [3.8, 4) is 5.75 Å². The second-order valence-electron chi connectivity index (χ2n) is 6.06. The van der Waals surface area contributed by atoms with Crippen LogP contribution in [0, 0.1) is 0 Å². The minimum absolute atomic E-state index is 0.151. The minimum atomic E-state index is -4.35. The summed E-state index contributed by atoms with van der Waals surface area (Å²) in [6.45, 7) is 1.31. The number of rotatable bonds is 4. The predicted molar refractivity (Wildman–Crippen MR) is 91.1 cm³/mol. The fraction of sp³-hybridized carbons (Fsp3) is 0.389. The molecule has 1 aromatic carbocycles. The zero-order valence-corrected chi connectivity index (χ0v) is 13.9. The first-order valence-corrected chi connectivity index (χ1v) is 8.14. The van der Waals surface area contributed by atoms with Crippen LogP contribution in [-0.2, 0) is 6.18 Å². The average Bonchev–Trinajstić information content (AvgIpc) is 2.62. The number of methoxy groups -OCH3 is 1. The SMILES string of the molecule is COc1ccc(NC2CCCN(c3cc(C(F)(F)F)ccn3)C2)cc1. The molecular formula is C18H20F3N3O. The molecule has 1 fully saturated rings. The smallest absolute Gasteiger partial charge is 0.416 e. The molecule has 4 nitrogen and oxygen atoms in total. The van der Waals surface area contributed by atoms with Crippen molar-refractivity contribution in [2.24, 2.45) is 0 Å². The molecule has 3 rings (SSSR count). The molecule has 134 valence electrons. The molecule has 7 heteroatoms. The molecule has 0 bridgehead atoms. The largest absolute Gasteiger partial charge is 0.497 e. The first-order chi connectivity index (χ1) is 12.0. The van der Waals surface area contributed by atoms with Gasteiger partial charge in [0.1, 0.15) is 11.6 Å². The van der Waals surface area contributed by atoms with Crippen LogP contribution in [0.15, 0.2) is 42.6 Å². The highest BCUT2D eigenvalue weighted by Crippen LogP contribution is 2.31. The Bertz CT molecular complexity index is 703. The lowest BCUT2D eigenvalue weighted by Gasteiger charge is -2.34. The monoisotopic (exact) mass is 351 g/mol. The average molecular weight is 351 g/mol. The van der Waals surface area contributed by atoms with Crippen molar-refractivity contribution in [2.75, 3.05) is 30.4 Å². The molecule has 1 N–H and O–H groups in total. The minimum Gasteiger partial charge on any atom is -0.497 e. The van der Waals surface area contributed by atoms with Gasteiger partial charge >= 0.3 is 6.18 Å². The molecule has 2 heterocycles. The van der Waals surface area contributed by atoms with E-state index in [0.717, 1.165) is 36.4 Å². The maximum absolute atomic E-state index is 12.9. The Morgan fingerprint density at radius 3 is 2.64 bits per heavy atom. The Balaban J connectivity index is 1.68. The van der Waals surface area contributed by atoms with Gasteiger partial charge in [-0.15, -0.1) is 0 Å². The molecule has 1 aromatic heterocycles. The Kier molecular flexibility index (Phi) is 5.01. The number of hydrogen-bond acceptors (Lipinski definition) is 4. The van der Waals surface area contributed by atoms with Crippen LogP contribution in [-0.4, -0.2) is 31.2 Å². The quantitative estimate of drug-likeness (QED) is 0.896. The molecule has 1 unspecified atom stereocenters. The van der Waals surface area contributed by atoms with E-state index in [-0.39, 0.29) is 6.04 Å². The third-order valence-corrected chi connectivity index (χ3v) is 4.28. The van der Waals surface area contributed by atoms with Crippen molar-refractivity contribution in [1.82, 2.24) is 4.98 Å². The van der Waals surface area contributed by atoms with Crippen LogP contribution < -0.4 is 15.0 Å². The topological polar surface area (TPSA) is 37.4 Å². The van der Waals surface area contributed by atoms with Crippen molar-refractivity contribution in [1.29, 1.82) is 0 Å². The molecule has 0 radical (unpaired) electrons. The van der Waals surface area contributed by atoms with Gasteiger partial charge in [-0.1, -0.05) is 0 Å². The first-order valence-electron chi connectivity index (χ1n) is 8.14. The van der Waals surface area contributed by atoms with Crippen molar-refractivity contribution in [3.05, 3.63) is 48.2 Å². The van der Waals surface area contributed by atoms with Crippen molar-refractivity contribution in [2.45, 2.75) is 25.1 Å². The molecule has 0 aliphatic carbocycles. The fourth-order valence-corrected chi connectivity index (χ4v) is 2.99. The maximum Gasteiger partial charge on any atom is 0.416 e. The molecule has 2 aromatic rings. The van der Waals surface area contributed by atoms with Gasteiger partial charge in [0.2, 0.25) is 0 Å². The van der Waals surface area contributed by atoms with Gasteiger partial charge in [0, 0.05) is 31.0 Å². The summed E-state index contributed by atoms with van der Waals surface area (Å²) in [5, 5.41) is 3.43. The maximum atomic E-state index is 12.9. The van der Waals surface area contributed by atoms with Crippen LogP contribution in [0.3, 0.4) is 0 Å². The lowest BCUT2D eigenvalue weighted by Crippen LogP contribution is -2.42. The number of nitrogens with zero attached hydrogens (tertiary/aromatic N) is 2. The summed E-state index contributed by atoms with van der Waals surface area (Å²) in [6.07, 6.45) is -1.28. The van der Waals surface area contributed by atoms with E-state index in [4.69, 9.17) is 4.74 Å². The first kappa shape index (κ1) is 17.4. The van der Waals surface area contributed by atoms with Gasteiger partial charge in [-0.25, -0.2) is 4.98 Å². The van der Waals surface area contributed by atoms with Crippen molar-refractivity contribution < 1.29 is 17.9 Å². The van der Waals surface area contributed by atoms with E-state index >= 15 is 0 Å². The molecule has 25 heavy (non-hydrogen) atoms. The molecule has 1 aliphatic heterocycles. The molecular weight excluding hydrogens is 331 g/mol. The van der Waals surface area contributed by atoms with Gasteiger partial charge in [0.05, 0.1) is 12.7 Å². The molecule has 1 atom stereocenters. The van der Waals surface area contributed by atoms with Crippen molar-refractivity contribution in [3.63, 3.8) is 0 Å². The van der Waals surface area contributed by atoms with Gasteiger partial charge in [0.25, 0.3) is 0 Å². The second-order valence-corrected chi connectivity index (χ2v) is 6.06. The van der Waals surface area contributed by atoms with Crippen molar-refractivity contribution >= 4 is 11.5 Å². The van der Waals surface area contributed by atoms with Gasteiger partial charge in [-0.05, 0) is 49.2 Å². The Morgan fingerprint density at radius 1 is 1.20 bits per heavy atom. The second kappa shape index (κ2) is 7.21. The molecule has 0 amide bonds. The molecule has 0 spiro atoms. The number of pyridine rings is 1. The molecule has 1 aliphatic rings. The van der Waals surface area contributed by atoms with Gasteiger partial charge in [0.15, 0.2) is 0 Å². The summed E-state index contributed by atoms with van der Waals surface area (Å²) in [4.78, 5) is 6.03. The zero-order valence-electron chi connectivity index (χ0n) is 13.9. The van der Waals surface area contributed by atoms with Crippen LogP contribution in [0.25, 0.3) is 0 Å². The van der Waals surface area contributed by atoms with Crippen LogP contribution >= 0.6 is 0 Å². The van der Waals surface area contributed by atoms with E-state index in [1.165, 1.54) is 6.20 Å². The van der Waals surface area contributed by atoms with Crippen LogP contribution in [0.2, 0.25) is 0 Å². The predicted octanol–water partition coefficient (Wildman–Crippen LogP) is 4.19. The van der Waals surface area contributed by atoms with Gasteiger partial charge in [-0.2, -0.15) is 13.2 Å². The van der Waals surface area contributed by atoms with Crippen LogP contribution in [0.5, 0.6) is 5.75 Å². The highest BCUT2D eigenvalue weighted by atomic mass is 19.4. The number of ether oxygens (including phenoxy) is 1. The summed E-state index contributed by atoms with van der Waals surface area (Å²) in [5.74, 6) is 1.15. The fourth-order valence-electron chi connectivity index (χ4n) is 2.99. The number of alkyl halides is 3. The number of nitrogens with one attached hydrogen (secondary N) is 1. The Labute approximate surface area is 144 Å². The Morgan fingerprint density at radius 2 is 1.96 bits per heavy atom. The number of benzene rings is 1. The number of hydrogen-bond donors (Lipinski definition) is 1. The van der Waals surface area contributed by atoms with Crippen LogP contribution in [0.1, 0.15) is 18.4 Å². The van der Waals surface area contributed by atoms with E-state index in [0.29, 0.717) is 18.9 Å². The number of aromatic nitrogens is 1. The van der Waals surface area contributed by atoms with E-state index in [1.807, 2.05) is 29.2 Å². The summed E-state index contributed by atoms with van der Waals surface area (Å²) < 4.78 is 43.8. The lowest BCUT2D eigenvalue weighted by molar-refractivity contribution is -0.137. The third kappa shape index (κ3) is 4.35. The van der Waals surface area contributed by atoms with Gasteiger partial charge < -0.3 is 15.0 Å². The highest BCUT2D eigenvalue weighted by Gasteiger charge is 2.31. The third-order valence-electron chi connectivity index (χ3n) is 4.28. The van der Waals surface area contributed by atoms with E-state index < -0.39 is 11.7 Å². The van der Waals surface area contributed by atoms with E-state index in [9.17, 15) is 13.2 Å². The van der Waals surface area contributed by atoms with E-state index in [1.54, 1.807) is 7.11 Å². The summed E-state index contributed by atoms with van der Waals surface area (Å²) >= 11 is 0. The summed E-state index contributed by atoms with van der Waals surface area (Å²) in [7, 11) is 1.61. The zero-order chi connectivity index (χ0) is 17.9. The number of anilines is 2. The highest BCUT2D eigenvalue weighted by molar-refractivity contribution is 5.49. The summed E-state index contributed by atoms with van der Waals surface area (Å²) in [5.41, 5.74) is 0.299. The lowest BCUT2D eigenvalue weighted by atomic mass is 10.0. The van der Waals surface area contributed by atoms with Gasteiger partial charge in [-0.3, -0.25) is 0 Å². The van der Waals surface area contributed by atoms with E-state index in [2.05, 4.69) is 10.3 Å². The number of piperidine rings is 1. The Hall–Kier alpha value is -2.44. The normalized spacial score (nSPS) is 18.1. The molecule has 0 saturated carbocycles. The van der Waals surface area contributed by atoms with Crippen LogP contribution in [0.4, 0.5) is 24.7 Å². The summed E-state index contributed by atoms with van der Waals surface area (Å²) in [6, 6.07) is 9.88. The number of halogens is 3.